The summed E-state index contributed by atoms with van der Waals surface area (Å²) in [5, 5.41) is 0. The topological polar surface area (TPSA) is 56.0 Å². The molecule has 1 aromatic rings. The average Bonchev–Trinajstić information content (AvgIpc) is 2.39. The molecular weight excluding hydrogens is 212 g/mol. The Labute approximate surface area is 102 Å². The molecule has 2 N–H and O–H groups in total. The zero-order valence-corrected chi connectivity index (χ0v) is 10.4. The molecule has 1 aliphatic rings. The van der Waals surface area contributed by atoms with Gasteiger partial charge in [0.05, 0.1) is 11.9 Å². The summed E-state index contributed by atoms with van der Waals surface area (Å²) in [6, 6.07) is 3.49. The van der Waals surface area contributed by atoms with Crippen LogP contribution < -0.4 is 5.73 Å². The Morgan fingerprint density at radius 3 is 2.94 bits per heavy atom. The number of hydrogen-bond acceptors (Lipinski definition) is 3. The quantitative estimate of drug-likeness (QED) is 0.815. The van der Waals surface area contributed by atoms with Crippen LogP contribution in [-0.4, -0.2) is 10.8 Å². The molecule has 92 valence electrons. The lowest BCUT2D eigenvalue weighted by molar-refractivity contribution is 0.0857. The number of anilines is 1. The van der Waals surface area contributed by atoms with Gasteiger partial charge in [-0.15, -0.1) is 0 Å². The molecule has 0 spiro atoms. The van der Waals surface area contributed by atoms with Crippen molar-refractivity contribution < 1.29 is 4.79 Å². The maximum absolute atomic E-state index is 12.3. The maximum atomic E-state index is 12.3. The van der Waals surface area contributed by atoms with Gasteiger partial charge in [0.1, 0.15) is 5.69 Å². The van der Waals surface area contributed by atoms with E-state index in [1.807, 2.05) is 0 Å². The fraction of sp³-hybridized carbons (Fsp3) is 0.571. The first-order valence-corrected chi connectivity index (χ1v) is 6.46. The normalized spacial score (nSPS) is 24.5. The zero-order valence-electron chi connectivity index (χ0n) is 10.4. The van der Waals surface area contributed by atoms with Crippen LogP contribution in [0.15, 0.2) is 18.3 Å². The van der Waals surface area contributed by atoms with Gasteiger partial charge in [-0.3, -0.25) is 9.78 Å². The first-order chi connectivity index (χ1) is 8.20. The summed E-state index contributed by atoms with van der Waals surface area (Å²) in [5.41, 5.74) is 6.75. The number of ketones is 1. The Hall–Kier alpha value is -1.38. The number of nitrogens with two attached hydrogens (primary N) is 1. The lowest BCUT2D eigenvalue weighted by Crippen LogP contribution is -2.23. The number of Topliss-reactive ketones (excluding diaryl/α,β-unsaturated/α-hetero) is 1. The molecular formula is C14H20N2O. The third kappa shape index (κ3) is 2.84. The highest BCUT2D eigenvalue weighted by Crippen LogP contribution is 2.32. The van der Waals surface area contributed by atoms with E-state index >= 15 is 0 Å². The molecule has 0 aromatic carbocycles. The van der Waals surface area contributed by atoms with Gasteiger partial charge in [-0.2, -0.15) is 0 Å². The summed E-state index contributed by atoms with van der Waals surface area (Å²) in [4.78, 5) is 16.4. The van der Waals surface area contributed by atoms with E-state index in [-0.39, 0.29) is 11.7 Å². The van der Waals surface area contributed by atoms with Crippen molar-refractivity contribution in [3.05, 3.63) is 24.0 Å². The number of hydrogen-bond donors (Lipinski definition) is 1. The third-order valence-electron chi connectivity index (χ3n) is 3.77. The number of pyridine rings is 1. The van der Waals surface area contributed by atoms with Crippen molar-refractivity contribution >= 4 is 11.5 Å². The third-order valence-corrected chi connectivity index (χ3v) is 3.77. The van der Waals surface area contributed by atoms with Crippen LogP contribution in [0.5, 0.6) is 0 Å². The van der Waals surface area contributed by atoms with Gasteiger partial charge in [0.2, 0.25) is 0 Å². The SMILES string of the molecule is CCC1CCCC(C(=O)c2ccc(N)cn2)C1. The van der Waals surface area contributed by atoms with E-state index in [9.17, 15) is 4.79 Å². The predicted molar refractivity (Wildman–Crippen MR) is 68.7 cm³/mol. The van der Waals surface area contributed by atoms with Crippen LogP contribution in [0, 0.1) is 11.8 Å². The smallest absolute Gasteiger partial charge is 0.184 e. The summed E-state index contributed by atoms with van der Waals surface area (Å²) in [6.07, 6.45) is 7.23. The van der Waals surface area contributed by atoms with Crippen LogP contribution in [0.4, 0.5) is 5.69 Å². The van der Waals surface area contributed by atoms with Crippen molar-refractivity contribution in [2.24, 2.45) is 11.8 Å². The molecule has 2 unspecified atom stereocenters. The molecule has 1 aromatic heterocycles. The van der Waals surface area contributed by atoms with E-state index < -0.39 is 0 Å². The molecule has 2 rings (SSSR count). The molecule has 1 saturated carbocycles. The number of rotatable bonds is 3. The van der Waals surface area contributed by atoms with Crippen LogP contribution in [-0.2, 0) is 0 Å². The van der Waals surface area contributed by atoms with Crippen LogP contribution in [0.3, 0.4) is 0 Å². The van der Waals surface area contributed by atoms with Gasteiger partial charge in [0.15, 0.2) is 5.78 Å². The molecule has 17 heavy (non-hydrogen) atoms. The number of carbonyl (C=O) groups is 1. The van der Waals surface area contributed by atoms with Gasteiger partial charge in [0.25, 0.3) is 0 Å². The fourth-order valence-corrected chi connectivity index (χ4v) is 2.66. The minimum Gasteiger partial charge on any atom is -0.397 e. The van der Waals surface area contributed by atoms with Crippen LogP contribution >= 0.6 is 0 Å². The van der Waals surface area contributed by atoms with E-state index in [0.717, 1.165) is 12.8 Å². The Kier molecular flexibility index (Phi) is 3.77. The van der Waals surface area contributed by atoms with Crippen LogP contribution in [0.1, 0.15) is 49.5 Å². The summed E-state index contributed by atoms with van der Waals surface area (Å²) in [7, 11) is 0. The number of carbonyl (C=O) groups excluding carboxylic acids is 1. The second-order valence-corrected chi connectivity index (χ2v) is 4.98. The first kappa shape index (κ1) is 12.1. The van der Waals surface area contributed by atoms with E-state index in [2.05, 4.69) is 11.9 Å². The molecule has 3 nitrogen and oxygen atoms in total. The molecule has 3 heteroatoms. The lowest BCUT2D eigenvalue weighted by Gasteiger charge is -2.27. The molecule has 0 radical (unpaired) electrons. The largest absolute Gasteiger partial charge is 0.397 e. The highest BCUT2D eigenvalue weighted by atomic mass is 16.1. The summed E-state index contributed by atoms with van der Waals surface area (Å²) < 4.78 is 0. The van der Waals surface area contributed by atoms with Crippen LogP contribution in [0.25, 0.3) is 0 Å². The van der Waals surface area contributed by atoms with Gasteiger partial charge < -0.3 is 5.73 Å². The minimum absolute atomic E-state index is 0.171. The number of aromatic nitrogens is 1. The molecule has 1 fully saturated rings. The Morgan fingerprint density at radius 2 is 2.29 bits per heavy atom. The molecule has 0 saturated heterocycles. The number of nitrogen functional groups attached to an aromatic ring is 1. The van der Waals surface area contributed by atoms with Crippen molar-refractivity contribution in [1.82, 2.24) is 4.98 Å². The highest BCUT2D eigenvalue weighted by Gasteiger charge is 2.27. The van der Waals surface area contributed by atoms with E-state index in [0.29, 0.717) is 17.3 Å². The molecule has 0 amide bonds. The second-order valence-electron chi connectivity index (χ2n) is 4.98. The van der Waals surface area contributed by atoms with E-state index in [1.165, 1.54) is 19.3 Å². The van der Waals surface area contributed by atoms with Crippen LogP contribution in [0.2, 0.25) is 0 Å². The summed E-state index contributed by atoms with van der Waals surface area (Å²) >= 11 is 0. The van der Waals surface area contributed by atoms with Gasteiger partial charge in [0, 0.05) is 5.92 Å². The standard InChI is InChI=1S/C14H20N2O/c1-2-10-4-3-5-11(8-10)14(17)13-7-6-12(15)9-16-13/h6-7,9-11H,2-5,8,15H2,1H3. The van der Waals surface area contributed by atoms with E-state index in [4.69, 9.17) is 5.73 Å². The lowest BCUT2D eigenvalue weighted by atomic mass is 9.77. The minimum atomic E-state index is 0.171. The molecule has 1 aliphatic carbocycles. The van der Waals surface area contributed by atoms with Gasteiger partial charge in [-0.25, -0.2) is 0 Å². The summed E-state index contributed by atoms with van der Waals surface area (Å²) in [5.74, 6) is 1.08. The highest BCUT2D eigenvalue weighted by molar-refractivity contribution is 5.96. The fourth-order valence-electron chi connectivity index (χ4n) is 2.66. The van der Waals surface area contributed by atoms with Crippen molar-refractivity contribution in [3.63, 3.8) is 0 Å². The van der Waals surface area contributed by atoms with Crippen molar-refractivity contribution in [2.75, 3.05) is 5.73 Å². The maximum Gasteiger partial charge on any atom is 0.184 e. The molecule has 1 heterocycles. The van der Waals surface area contributed by atoms with Gasteiger partial charge in [-0.05, 0) is 30.9 Å². The number of nitrogens with zero attached hydrogens (tertiary/aromatic N) is 1. The Morgan fingerprint density at radius 1 is 1.47 bits per heavy atom. The van der Waals surface area contributed by atoms with Crippen molar-refractivity contribution in [2.45, 2.75) is 39.0 Å². The Balaban J connectivity index is 2.06. The van der Waals surface area contributed by atoms with E-state index in [1.54, 1.807) is 18.3 Å². The average molecular weight is 232 g/mol. The zero-order chi connectivity index (χ0) is 12.3. The van der Waals surface area contributed by atoms with Gasteiger partial charge >= 0.3 is 0 Å². The molecule has 0 bridgehead atoms. The molecule has 0 aliphatic heterocycles. The summed E-state index contributed by atoms with van der Waals surface area (Å²) in [6.45, 7) is 2.21. The predicted octanol–water partition coefficient (Wildman–Crippen LogP) is 3.06. The molecule has 2 atom stereocenters. The first-order valence-electron chi connectivity index (χ1n) is 6.46. The monoisotopic (exact) mass is 232 g/mol. The second kappa shape index (κ2) is 5.30. The van der Waals surface area contributed by atoms with Crippen molar-refractivity contribution in [1.29, 1.82) is 0 Å². The van der Waals surface area contributed by atoms with Gasteiger partial charge in [-0.1, -0.05) is 26.2 Å². The van der Waals surface area contributed by atoms with Crippen molar-refractivity contribution in [3.8, 4) is 0 Å². The Bertz CT molecular complexity index is 386.